The molecule has 7 heteroatoms. The molecule has 1 aromatic carbocycles. The van der Waals surface area contributed by atoms with Crippen LogP contribution in [0.3, 0.4) is 0 Å². The Hall–Kier alpha value is -2.15. The lowest BCUT2D eigenvalue weighted by atomic mass is 10.1. The van der Waals surface area contributed by atoms with Crippen molar-refractivity contribution >= 4 is 5.95 Å². The summed E-state index contributed by atoms with van der Waals surface area (Å²) in [5, 5.41) is 3.18. The molecule has 116 valence electrons. The second kappa shape index (κ2) is 5.92. The average molecular weight is 308 g/mol. The number of alkyl halides is 2. The van der Waals surface area contributed by atoms with Gasteiger partial charge in [0.1, 0.15) is 11.5 Å². The Labute approximate surface area is 126 Å². The zero-order chi connectivity index (χ0) is 15.6. The van der Waals surface area contributed by atoms with E-state index in [2.05, 4.69) is 15.3 Å². The lowest BCUT2D eigenvalue weighted by Crippen LogP contribution is -2.44. The van der Waals surface area contributed by atoms with Gasteiger partial charge in [-0.25, -0.2) is 14.4 Å². The molecule has 1 fully saturated rings. The number of nitrogens with zero attached hydrogens (tertiary/aromatic N) is 3. The van der Waals surface area contributed by atoms with Gasteiger partial charge in [0.05, 0.1) is 0 Å². The van der Waals surface area contributed by atoms with Gasteiger partial charge in [0.2, 0.25) is 5.95 Å². The van der Waals surface area contributed by atoms with Crippen molar-refractivity contribution in [2.75, 3.05) is 31.1 Å². The first-order valence-corrected chi connectivity index (χ1v) is 7.00. The van der Waals surface area contributed by atoms with E-state index in [9.17, 15) is 13.2 Å². The number of anilines is 1. The second-order valence-corrected chi connectivity index (χ2v) is 5.06. The molecule has 1 aliphatic rings. The molecule has 0 aliphatic carbocycles. The molecule has 1 saturated heterocycles. The summed E-state index contributed by atoms with van der Waals surface area (Å²) >= 11 is 0. The van der Waals surface area contributed by atoms with Gasteiger partial charge in [0.25, 0.3) is 0 Å². The zero-order valence-corrected chi connectivity index (χ0v) is 11.8. The van der Waals surface area contributed by atoms with Crippen molar-refractivity contribution in [2.24, 2.45) is 0 Å². The topological polar surface area (TPSA) is 41.1 Å². The molecule has 3 rings (SSSR count). The van der Waals surface area contributed by atoms with Crippen LogP contribution in [-0.4, -0.2) is 36.1 Å². The summed E-state index contributed by atoms with van der Waals surface area (Å²) in [7, 11) is 0. The molecule has 0 bridgehead atoms. The summed E-state index contributed by atoms with van der Waals surface area (Å²) in [5.74, 6) is -3.55. The number of aromatic nitrogens is 2. The average Bonchev–Trinajstić information content (AvgIpc) is 2.56. The van der Waals surface area contributed by atoms with E-state index < -0.39 is 11.7 Å². The first-order chi connectivity index (χ1) is 10.6. The van der Waals surface area contributed by atoms with E-state index in [1.165, 1.54) is 12.3 Å². The molecule has 22 heavy (non-hydrogen) atoms. The van der Waals surface area contributed by atoms with Gasteiger partial charge < -0.3 is 10.2 Å². The van der Waals surface area contributed by atoms with E-state index in [0.717, 1.165) is 37.4 Å². The number of rotatable bonds is 3. The number of hydrogen-bond acceptors (Lipinski definition) is 4. The van der Waals surface area contributed by atoms with Crippen LogP contribution in [0.4, 0.5) is 19.1 Å². The maximum Gasteiger partial charge on any atom is 0.315 e. The highest BCUT2D eigenvalue weighted by atomic mass is 19.3. The Morgan fingerprint density at radius 2 is 1.73 bits per heavy atom. The molecule has 4 nitrogen and oxygen atoms in total. The molecule has 0 atom stereocenters. The molecule has 0 unspecified atom stereocenters. The fraction of sp³-hybridized carbons (Fsp3) is 0.333. The van der Waals surface area contributed by atoms with Crippen molar-refractivity contribution in [3.05, 3.63) is 53.6 Å². The van der Waals surface area contributed by atoms with E-state index >= 15 is 0 Å². The Bertz CT molecular complexity index is 639. The molecule has 0 amide bonds. The lowest BCUT2D eigenvalue weighted by molar-refractivity contribution is 0.0379. The number of nitrogens with one attached hydrogen (secondary N) is 1. The third-order valence-corrected chi connectivity index (χ3v) is 3.57. The molecular formula is C15H15F3N4. The number of benzene rings is 1. The predicted octanol–water partition coefficient (Wildman–Crippen LogP) is 2.17. The molecule has 1 aliphatic heterocycles. The summed E-state index contributed by atoms with van der Waals surface area (Å²) in [6, 6.07) is 5.36. The maximum atomic E-state index is 14.5. The van der Waals surface area contributed by atoms with Gasteiger partial charge in [-0.1, -0.05) is 0 Å². The van der Waals surface area contributed by atoms with Crippen molar-refractivity contribution in [3.63, 3.8) is 0 Å². The molecule has 1 N–H and O–H groups in total. The van der Waals surface area contributed by atoms with Crippen molar-refractivity contribution in [2.45, 2.75) is 5.92 Å². The second-order valence-electron chi connectivity index (χ2n) is 5.06. The van der Waals surface area contributed by atoms with Crippen LogP contribution < -0.4 is 10.2 Å². The summed E-state index contributed by atoms with van der Waals surface area (Å²) in [5.41, 5.74) is -0.679. The minimum absolute atomic E-state index is 0.292. The Balaban J connectivity index is 1.91. The fourth-order valence-corrected chi connectivity index (χ4v) is 2.35. The summed E-state index contributed by atoms with van der Waals surface area (Å²) < 4.78 is 41.9. The van der Waals surface area contributed by atoms with Gasteiger partial charge in [-0.3, -0.25) is 0 Å². The molecular weight excluding hydrogens is 293 g/mol. The van der Waals surface area contributed by atoms with Crippen LogP contribution in [0.5, 0.6) is 0 Å². The van der Waals surface area contributed by atoms with Gasteiger partial charge in [-0.2, -0.15) is 8.78 Å². The largest absolute Gasteiger partial charge is 0.338 e. The van der Waals surface area contributed by atoms with Crippen LogP contribution in [0.25, 0.3) is 0 Å². The van der Waals surface area contributed by atoms with E-state index in [1.54, 1.807) is 0 Å². The highest BCUT2D eigenvalue weighted by molar-refractivity contribution is 5.35. The quantitative estimate of drug-likeness (QED) is 0.943. The fourth-order valence-electron chi connectivity index (χ4n) is 2.35. The normalized spacial score (nSPS) is 15.9. The first-order valence-electron chi connectivity index (χ1n) is 7.00. The van der Waals surface area contributed by atoms with Crippen molar-refractivity contribution in [1.82, 2.24) is 15.3 Å². The van der Waals surface area contributed by atoms with Crippen LogP contribution in [0.15, 0.2) is 36.5 Å². The highest BCUT2D eigenvalue weighted by Gasteiger charge is 2.36. The monoisotopic (exact) mass is 308 g/mol. The first kappa shape index (κ1) is 14.8. The highest BCUT2D eigenvalue weighted by Crippen LogP contribution is 2.34. The summed E-state index contributed by atoms with van der Waals surface area (Å²) in [4.78, 5) is 9.95. The number of halogens is 3. The standard InChI is InChI=1S/C15H15F3N4/c16-12-3-1-11(2-4-12)15(17,18)13-5-6-20-14(21-13)22-9-7-19-8-10-22/h1-6,19H,7-10H2. The van der Waals surface area contributed by atoms with Crippen molar-refractivity contribution in [3.8, 4) is 0 Å². The van der Waals surface area contributed by atoms with Gasteiger partial charge in [0, 0.05) is 37.9 Å². The molecule has 0 saturated carbocycles. The molecule has 2 heterocycles. The molecule has 0 radical (unpaired) electrons. The number of piperazine rings is 1. The van der Waals surface area contributed by atoms with Crippen LogP contribution in [0, 0.1) is 5.82 Å². The van der Waals surface area contributed by atoms with Crippen LogP contribution in [0.2, 0.25) is 0 Å². The smallest absolute Gasteiger partial charge is 0.315 e. The minimum Gasteiger partial charge on any atom is -0.338 e. The van der Waals surface area contributed by atoms with Crippen LogP contribution in [0.1, 0.15) is 11.3 Å². The van der Waals surface area contributed by atoms with E-state index in [4.69, 9.17) is 0 Å². The van der Waals surface area contributed by atoms with E-state index in [-0.39, 0.29) is 11.3 Å². The zero-order valence-electron chi connectivity index (χ0n) is 11.8. The summed E-state index contributed by atoms with van der Waals surface area (Å²) in [6.45, 7) is 2.88. The van der Waals surface area contributed by atoms with Gasteiger partial charge in [-0.05, 0) is 30.3 Å². The Kier molecular flexibility index (Phi) is 3.98. The third-order valence-electron chi connectivity index (χ3n) is 3.57. The Morgan fingerprint density at radius 1 is 1.05 bits per heavy atom. The van der Waals surface area contributed by atoms with E-state index in [0.29, 0.717) is 19.0 Å². The summed E-state index contributed by atoms with van der Waals surface area (Å²) in [6.07, 6.45) is 1.33. The van der Waals surface area contributed by atoms with Crippen LogP contribution in [-0.2, 0) is 5.92 Å². The lowest BCUT2D eigenvalue weighted by Gasteiger charge is -2.28. The van der Waals surface area contributed by atoms with Gasteiger partial charge >= 0.3 is 5.92 Å². The van der Waals surface area contributed by atoms with Gasteiger partial charge in [-0.15, -0.1) is 0 Å². The minimum atomic E-state index is -3.29. The molecule has 1 aromatic heterocycles. The SMILES string of the molecule is Fc1ccc(C(F)(F)c2ccnc(N3CCNCC3)n2)cc1. The van der Waals surface area contributed by atoms with E-state index in [1.807, 2.05) is 4.90 Å². The molecule has 0 spiro atoms. The van der Waals surface area contributed by atoms with Crippen LogP contribution >= 0.6 is 0 Å². The maximum absolute atomic E-state index is 14.5. The van der Waals surface area contributed by atoms with Crippen molar-refractivity contribution in [1.29, 1.82) is 0 Å². The van der Waals surface area contributed by atoms with Crippen molar-refractivity contribution < 1.29 is 13.2 Å². The third kappa shape index (κ3) is 2.89. The van der Waals surface area contributed by atoms with Gasteiger partial charge in [0.15, 0.2) is 0 Å². The Morgan fingerprint density at radius 3 is 2.41 bits per heavy atom. The molecule has 2 aromatic rings. The number of hydrogen-bond donors (Lipinski definition) is 1. The predicted molar refractivity (Wildman–Crippen MR) is 76.5 cm³/mol.